The normalized spacial score (nSPS) is 20.5. The summed E-state index contributed by atoms with van der Waals surface area (Å²) >= 11 is 0. The highest BCUT2D eigenvalue weighted by Gasteiger charge is 2.42. The number of nitrogens with one attached hydrogen (secondary N) is 1. The number of nitrogens with zero attached hydrogens (tertiary/aromatic N) is 2. The maximum Gasteiger partial charge on any atom is 0.186 e. The molecule has 0 radical (unpaired) electrons. The molecule has 0 aliphatic heterocycles. The molecule has 0 amide bonds. The van der Waals surface area contributed by atoms with Crippen molar-refractivity contribution in [1.82, 2.24) is 14.4 Å². The fourth-order valence-corrected chi connectivity index (χ4v) is 4.14. The molecule has 1 aliphatic rings. The second-order valence-electron chi connectivity index (χ2n) is 7.16. The maximum atomic E-state index is 13.5. The molecular formula is C20H23N3O. The maximum absolute atomic E-state index is 13.5. The molecule has 0 spiro atoms. The Kier molecular flexibility index (Phi) is 3.37. The average molecular weight is 321 g/mol. The largest absolute Gasteiger partial charge is 0.348 e. The molecule has 0 aromatic carbocycles. The number of aryl methyl sites for hydroxylation is 2. The van der Waals surface area contributed by atoms with E-state index in [2.05, 4.69) is 40.3 Å². The predicted octanol–water partition coefficient (Wildman–Crippen LogP) is 3.91. The topological polar surface area (TPSA) is 50.2 Å². The first kappa shape index (κ1) is 15.2. The first-order chi connectivity index (χ1) is 11.5. The molecule has 4 nitrogen and oxygen atoms in total. The van der Waals surface area contributed by atoms with Crippen molar-refractivity contribution in [3.63, 3.8) is 0 Å². The summed E-state index contributed by atoms with van der Waals surface area (Å²) in [7, 11) is 0. The van der Waals surface area contributed by atoms with Crippen LogP contribution in [0, 0.1) is 12.3 Å². The minimum Gasteiger partial charge on any atom is -0.348 e. The van der Waals surface area contributed by atoms with Crippen LogP contribution in [0.4, 0.5) is 0 Å². The SMILES string of the molecule is CCc1c2c(n3ccccc13)C(=O)C(C)(Cc1nc[nH]c1C)CC2. The molecule has 0 saturated carbocycles. The van der Waals surface area contributed by atoms with E-state index in [1.807, 2.05) is 19.2 Å². The molecule has 124 valence electrons. The zero-order valence-corrected chi connectivity index (χ0v) is 14.5. The van der Waals surface area contributed by atoms with Gasteiger partial charge in [-0.05, 0) is 49.4 Å². The first-order valence-corrected chi connectivity index (χ1v) is 8.69. The molecule has 1 unspecified atom stereocenters. The monoisotopic (exact) mass is 321 g/mol. The molecule has 3 aromatic rings. The van der Waals surface area contributed by atoms with Crippen LogP contribution >= 0.6 is 0 Å². The molecule has 3 aromatic heterocycles. The van der Waals surface area contributed by atoms with Crippen molar-refractivity contribution >= 4 is 11.3 Å². The highest BCUT2D eigenvalue weighted by Crippen LogP contribution is 2.41. The molecule has 1 atom stereocenters. The van der Waals surface area contributed by atoms with Gasteiger partial charge < -0.3 is 9.38 Å². The van der Waals surface area contributed by atoms with Crippen molar-refractivity contribution in [2.45, 2.75) is 46.5 Å². The highest BCUT2D eigenvalue weighted by molar-refractivity contribution is 6.03. The number of Topliss-reactive ketones (excluding diaryl/α,β-unsaturated/α-hetero) is 1. The summed E-state index contributed by atoms with van der Waals surface area (Å²) in [5.41, 5.74) is 6.34. The second kappa shape index (κ2) is 5.33. The van der Waals surface area contributed by atoms with Crippen LogP contribution in [-0.4, -0.2) is 20.2 Å². The molecule has 1 aliphatic carbocycles. The summed E-state index contributed by atoms with van der Waals surface area (Å²) in [5, 5.41) is 0. The van der Waals surface area contributed by atoms with Crippen molar-refractivity contribution < 1.29 is 4.79 Å². The van der Waals surface area contributed by atoms with Gasteiger partial charge in [-0.15, -0.1) is 0 Å². The summed E-state index contributed by atoms with van der Waals surface area (Å²) in [6.07, 6.45) is 7.25. The van der Waals surface area contributed by atoms with E-state index in [-0.39, 0.29) is 11.2 Å². The summed E-state index contributed by atoms with van der Waals surface area (Å²) in [5.74, 6) is 0.257. The van der Waals surface area contributed by atoms with E-state index in [0.29, 0.717) is 6.42 Å². The van der Waals surface area contributed by atoms with Crippen molar-refractivity contribution in [3.8, 4) is 0 Å². The number of hydrogen-bond donors (Lipinski definition) is 1. The van der Waals surface area contributed by atoms with Crippen LogP contribution in [0.2, 0.25) is 0 Å². The Morgan fingerprint density at radius 2 is 2.21 bits per heavy atom. The molecule has 0 bridgehead atoms. The smallest absolute Gasteiger partial charge is 0.186 e. The Morgan fingerprint density at radius 3 is 2.92 bits per heavy atom. The molecule has 0 saturated heterocycles. The van der Waals surface area contributed by atoms with Crippen molar-refractivity contribution in [3.05, 3.63) is 58.9 Å². The minimum absolute atomic E-state index is 0.257. The Bertz CT molecular complexity index is 934. The number of carbonyl (C=O) groups is 1. The van der Waals surface area contributed by atoms with Crippen molar-refractivity contribution in [1.29, 1.82) is 0 Å². The standard InChI is InChI=1S/C20H23N3O/c1-4-14-15-8-9-20(3,11-16-13(2)21-12-22-16)19(24)18(15)23-10-6-5-7-17(14)23/h5-7,10,12H,4,8-9,11H2,1-3H3,(H,21,22). The Hall–Kier alpha value is -2.36. The van der Waals surface area contributed by atoms with E-state index < -0.39 is 0 Å². The summed E-state index contributed by atoms with van der Waals surface area (Å²) < 4.78 is 2.10. The number of imidazole rings is 1. The first-order valence-electron chi connectivity index (χ1n) is 8.69. The van der Waals surface area contributed by atoms with E-state index >= 15 is 0 Å². The van der Waals surface area contributed by atoms with E-state index in [9.17, 15) is 4.79 Å². The third kappa shape index (κ3) is 2.05. The summed E-state index contributed by atoms with van der Waals surface area (Å²) in [6, 6.07) is 6.18. The zero-order chi connectivity index (χ0) is 16.9. The van der Waals surface area contributed by atoms with Crippen molar-refractivity contribution in [2.75, 3.05) is 0 Å². The van der Waals surface area contributed by atoms with Gasteiger partial charge in [0.1, 0.15) is 0 Å². The Morgan fingerprint density at radius 1 is 1.38 bits per heavy atom. The van der Waals surface area contributed by atoms with Gasteiger partial charge in [0, 0.05) is 29.2 Å². The van der Waals surface area contributed by atoms with Crippen LogP contribution < -0.4 is 0 Å². The second-order valence-corrected chi connectivity index (χ2v) is 7.16. The van der Waals surface area contributed by atoms with Gasteiger partial charge >= 0.3 is 0 Å². The van der Waals surface area contributed by atoms with Crippen LogP contribution in [0.3, 0.4) is 0 Å². The van der Waals surface area contributed by atoms with E-state index in [1.165, 1.54) is 16.6 Å². The number of rotatable bonds is 3. The minimum atomic E-state index is -0.387. The van der Waals surface area contributed by atoms with E-state index in [0.717, 1.165) is 36.3 Å². The van der Waals surface area contributed by atoms with Gasteiger partial charge in [0.25, 0.3) is 0 Å². The van der Waals surface area contributed by atoms with E-state index in [4.69, 9.17) is 0 Å². The third-order valence-electron chi connectivity index (χ3n) is 5.60. The van der Waals surface area contributed by atoms with Crippen LogP contribution in [0.5, 0.6) is 0 Å². The quantitative estimate of drug-likeness (QED) is 0.795. The van der Waals surface area contributed by atoms with E-state index in [1.54, 1.807) is 6.33 Å². The molecule has 24 heavy (non-hydrogen) atoms. The highest BCUT2D eigenvalue weighted by atomic mass is 16.1. The van der Waals surface area contributed by atoms with Gasteiger partial charge in [-0.25, -0.2) is 4.98 Å². The molecule has 1 N–H and O–H groups in total. The molecule has 4 heteroatoms. The number of aromatic amines is 1. The summed E-state index contributed by atoms with van der Waals surface area (Å²) in [4.78, 5) is 21.0. The number of pyridine rings is 1. The zero-order valence-electron chi connectivity index (χ0n) is 14.5. The van der Waals surface area contributed by atoms with Crippen LogP contribution in [0.15, 0.2) is 30.7 Å². The fraction of sp³-hybridized carbons (Fsp3) is 0.400. The lowest BCUT2D eigenvalue weighted by atomic mass is 9.70. The van der Waals surface area contributed by atoms with Gasteiger partial charge in [-0.1, -0.05) is 19.9 Å². The molecule has 4 rings (SSSR count). The summed E-state index contributed by atoms with van der Waals surface area (Å²) in [6.45, 7) is 6.29. The lowest BCUT2D eigenvalue weighted by Crippen LogP contribution is -2.36. The lowest BCUT2D eigenvalue weighted by molar-refractivity contribution is 0.0775. The van der Waals surface area contributed by atoms with Gasteiger partial charge in [0.2, 0.25) is 0 Å². The number of carbonyl (C=O) groups excluding carboxylic acids is 1. The van der Waals surface area contributed by atoms with Crippen LogP contribution in [0.1, 0.15) is 53.3 Å². The molecule has 0 fully saturated rings. The number of H-pyrrole nitrogens is 1. The number of hydrogen-bond acceptors (Lipinski definition) is 2. The van der Waals surface area contributed by atoms with Gasteiger partial charge in [0.05, 0.1) is 17.7 Å². The molecular weight excluding hydrogens is 298 g/mol. The molecule has 3 heterocycles. The predicted molar refractivity (Wildman–Crippen MR) is 94.6 cm³/mol. The van der Waals surface area contributed by atoms with Gasteiger partial charge in [0.15, 0.2) is 5.78 Å². The number of ketones is 1. The lowest BCUT2D eigenvalue weighted by Gasteiger charge is -2.32. The van der Waals surface area contributed by atoms with Crippen LogP contribution in [0.25, 0.3) is 5.52 Å². The van der Waals surface area contributed by atoms with Gasteiger partial charge in [-0.3, -0.25) is 4.79 Å². The van der Waals surface area contributed by atoms with Gasteiger partial charge in [-0.2, -0.15) is 0 Å². The average Bonchev–Trinajstić information content (AvgIpc) is 3.12. The Labute approximate surface area is 141 Å². The van der Waals surface area contributed by atoms with Crippen molar-refractivity contribution in [2.24, 2.45) is 5.41 Å². The fourth-order valence-electron chi connectivity index (χ4n) is 4.14. The third-order valence-corrected chi connectivity index (χ3v) is 5.60. The Balaban J connectivity index is 1.84. The number of fused-ring (bicyclic) bond motifs is 3. The number of aromatic nitrogens is 3. The van der Waals surface area contributed by atoms with Crippen LogP contribution in [-0.2, 0) is 19.3 Å².